The molecule has 5 nitrogen and oxygen atoms in total. The molecule has 1 aromatic carbocycles. The molecule has 0 saturated heterocycles. The van der Waals surface area contributed by atoms with Crippen LogP contribution in [0.3, 0.4) is 0 Å². The first-order chi connectivity index (χ1) is 11.3. The molecule has 6 heteroatoms. The van der Waals surface area contributed by atoms with Crippen LogP contribution in [-0.4, -0.2) is 40.3 Å². The number of hydrogen-bond donors (Lipinski definition) is 2. The van der Waals surface area contributed by atoms with Crippen molar-refractivity contribution < 1.29 is 8.42 Å². The van der Waals surface area contributed by atoms with E-state index in [9.17, 15) is 8.42 Å². The van der Waals surface area contributed by atoms with Gasteiger partial charge in [-0.05, 0) is 63.6 Å². The van der Waals surface area contributed by atoms with Crippen molar-refractivity contribution in [1.29, 1.82) is 0 Å². The number of nitrogens with one attached hydrogen (secondary N) is 2. The van der Waals surface area contributed by atoms with Gasteiger partial charge in [-0.1, -0.05) is 6.07 Å². The van der Waals surface area contributed by atoms with Gasteiger partial charge in [0.05, 0.1) is 5.25 Å². The fourth-order valence-electron chi connectivity index (χ4n) is 3.01. The van der Waals surface area contributed by atoms with Crippen molar-refractivity contribution in [2.24, 2.45) is 5.92 Å². The summed E-state index contributed by atoms with van der Waals surface area (Å²) in [7, 11) is 0.927. The van der Waals surface area contributed by atoms with Crippen molar-refractivity contribution in [2.45, 2.75) is 50.8 Å². The van der Waals surface area contributed by atoms with Gasteiger partial charge in [-0.3, -0.25) is 0 Å². The SMILES string of the molecule is CC(C)S(=O)(=O)NC1CCC(CNc2cccc(N(C)C)c2)CC1. The molecule has 1 saturated carbocycles. The largest absolute Gasteiger partial charge is 0.385 e. The monoisotopic (exact) mass is 353 g/mol. The van der Waals surface area contributed by atoms with E-state index in [0.29, 0.717) is 5.92 Å². The van der Waals surface area contributed by atoms with E-state index in [1.165, 1.54) is 5.69 Å². The number of hydrogen-bond acceptors (Lipinski definition) is 4. The van der Waals surface area contributed by atoms with Crippen molar-refractivity contribution in [2.75, 3.05) is 30.9 Å². The smallest absolute Gasteiger partial charge is 0.214 e. The average molecular weight is 354 g/mol. The molecular weight excluding hydrogens is 322 g/mol. The molecule has 1 aliphatic rings. The fourth-order valence-corrected chi connectivity index (χ4v) is 3.98. The number of benzene rings is 1. The summed E-state index contributed by atoms with van der Waals surface area (Å²) in [6.07, 6.45) is 3.98. The molecule has 0 spiro atoms. The van der Waals surface area contributed by atoms with E-state index < -0.39 is 10.0 Å². The highest BCUT2D eigenvalue weighted by molar-refractivity contribution is 7.90. The van der Waals surface area contributed by atoms with Gasteiger partial charge in [-0.2, -0.15) is 0 Å². The summed E-state index contributed by atoms with van der Waals surface area (Å²) in [4.78, 5) is 2.09. The van der Waals surface area contributed by atoms with E-state index in [1.54, 1.807) is 13.8 Å². The number of anilines is 2. The summed E-state index contributed by atoms with van der Waals surface area (Å²) < 4.78 is 26.8. The Kier molecular flexibility index (Phi) is 6.52. The van der Waals surface area contributed by atoms with Crippen molar-refractivity contribution in [1.82, 2.24) is 4.72 Å². The third-order valence-electron chi connectivity index (χ3n) is 4.76. The molecule has 0 aromatic heterocycles. The van der Waals surface area contributed by atoms with Gasteiger partial charge in [0.15, 0.2) is 0 Å². The van der Waals surface area contributed by atoms with Crippen LogP contribution in [0.4, 0.5) is 11.4 Å². The lowest BCUT2D eigenvalue weighted by atomic mass is 9.86. The molecule has 0 bridgehead atoms. The third-order valence-corrected chi connectivity index (χ3v) is 6.66. The zero-order valence-electron chi connectivity index (χ0n) is 15.2. The standard InChI is InChI=1S/C18H31N3O2S/c1-14(2)24(22,23)20-16-10-8-15(9-11-16)13-19-17-6-5-7-18(12-17)21(3)4/h5-7,12,14-16,19-20H,8-11,13H2,1-4H3. The molecule has 2 N–H and O–H groups in total. The van der Waals surface area contributed by atoms with Gasteiger partial charge in [0.25, 0.3) is 0 Å². The highest BCUT2D eigenvalue weighted by Crippen LogP contribution is 2.26. The second-order valence-corrected chi connectivity index (χ2v) is 9.52. The maximum Gasteiger partial charge on any atom is 0.214 e. The Morgan fingerprint density at radius 2 is 1.83 bits per heavy atom. The molecule has 0 amide bonds. The van der Waals surface area contributed by atoms with Crippen molar-refractivity contribution in [3.05, 3.63) is 24.3 Å². The topological polar surface area (TPSA) is 61.4 Å². The van der Waals surface area contributed by atoms with Crippen LogP contribution in [0.5, 0.6) is 0 Å². The third kappa shape index (κ3) is 5.38. The van der Waals surface area contributed by atoms with E-state index >= 15 is 0 Å². The molecule has 0 atom stereocenters. The van der Waals surface area contributed by atoms with Gasteiger partial charge in [-0.25, -0.2) is 13.1 Å². The Bertz CT molecular complexity index is 621. The van der Waals surface area contributed by atoms with Crippen LogP contribution in [0.15, 0.2) is 24.3 Å². The van der Waals surface area contributed by atoms with Crippen LogP contribution < -0.4 is 14.9 Å². The molecule has 0 heterocycles. The van der Waals surface area contributed by atoms with Crippen LogP contribution >= 0.6 is 0 Å². The van der Waals surface area contributed by atoms with Gasteiger partial charge < -0.3 is 10.2 Å². The van der Waals surface area contributed by atoms with Gasteiger partial charge in [0.1, 0.15) is 0 Å². The van der Waals surface area contributed by atoms with Gasteiger partial charge >= 0.3 is 0 Å². The lowest BCUT2D eigenvalue weighted by molar-refractivity contribution is 0.323. The van der Waals surface area contributed by atoms with E-state index in [4.69, 9.17) is 0 Å². The molecular formula is C18H31N3O2S. The molecule has 24 heavy (non-hydrogen) atoms. The van der Waals surface area contributed by atoms with Crippen molar-refractivity contribution in [3.63, 3.8) is 0 Å². The summed E-state index contributed by atoms with van der Waals surface area (Å²) in [6.45, 7) is 4.39. The average Bonchev–Trinajstić information content (AvgIpc) is 2.54. The molecule has 136 valence electrons. The normalized spacial score (nSPS) is 21.7. The van der Waals surface area contributed by atoms with Crippen LogP contribution in [0.1, 0.15) is 39.5 Å². The number of rotatable bonds is 7. The maximum atomic E-state index is 12.0. The van der Waals surface area contributed by atoms with Gasteiger partial charge in [0, 0.05) is 38.1 Å². The van der Waals surface area contributed by atoms with E-state index in [2.05, 4.69) is 39.2 Å². The summed E-state index contributed by atoms with van der Waals surface area (Å²) >= 11 is 0. The predicted molar refractivity (Wildman–Crippen MR) is 102 cm³/mol. The van der Waals surface area contributed by atoms with E-state index in [0.717, 1.165) is 37.9 Å². The minimum Gasteiger partial charge on any atom is -0.385 e. The summed E-state index contributed by atoms with van der Waals surface area (Å²) in [5.74, 6) is 0.604. The minimum atomic E-state index is -3.15. The second-order valence-electron chi connectivity index (χ2n) is 7.25. The molecule has 0 radical (unpaired) electrons. The van der Waals surface area contributed by atoms with Gasteiger partial charge in [-0.15, -0.1) is 0 Å². The molecule has 1 aliphatic carbocycles. The highest BCUT2D eigenvalue weighted by atomic mass is 32.2. The Hall–Kier alpha value is -1.27. The lowest BCUT2D eigenvalue weighted by Crippen LogP contribution is -2.41. The Morgan fingerprint density at radius 3 is 2.42 bits per heavy atom. The Balaban J connectivity index is 1.78. The van der Waals surface area contributed by atoms with Crippen molar-refractivity contribution >= 4 is 21.4 Å². The molecule has 2 rings (SSSR count). The van der Waals surface area contributed by atoms with Crippen LogP contribution in [0, 0.1) is 5.92 Å². The van der Waals surface area contributed by atoms with E-state index in [-0.39, 0.29) is 11.3 Å². The summed E-state index contributed by atoms with van der Waals surface area (Å²) in [6, 6.07) is 8.51. The second kappa shape index (κ2) is 8.21. The van der Waals surface area contributed by atoms with Crippen LogP contribution in [-0.2, 0) is 10.0 Å². The summed E-state index contributed by atoms with van der Waals surface area (Å²) in [5.41, 5.74) is 2.33. The van der Waals surface area contributed by atoms with Crippen LogP contribution in [0.2, 0.25) is 0 Å². The lowest BCUT2D eigenvalue weighted by Gasteiger charge is -2.30. The summed E-state index contributed by atoms with van der Waals surface area (Å²) in [5, 5.41) is 3.17. The molecule has 0 aliphatic heterocycles. The first-order valence-electron chi connectivity index (χ1n) is 8.80. The highest BCUT2D eigenvalue weighted by Gasteiger charge is 2.26. The zero-order valence-corrected chi connectivity index (χ0v) is 16.1. The number of nitrogens with zero attached hydrogens (tertiary/aromatic N) is 1. The Morgan fingerprint density at radius 1 is 1.17 bits per heavy atom. The maximum absolute atomic E-state index is 12.0. The van der Waals surface area contributed by atoms with E-state index in [1.807, 2.05) is 14.1 Å². The first kappa shape index (κ1) is 19.1. The Labute approximate surface area is 146 Å². The number of sulfonamides is 1. The van der Waals surface area contributed by atoms with Crippen LogP contribution in [0.25, 0.3) is 0 Å². The van der Waals surface area contributed by atoms with Gasteiger partial charge in [0.2, 0.25) is 10.0 Å². The molecule has 0 unspecified atom stereocenters. The molecule has 1 aromatic rings. The zero-order chi connectivity index (χ0) is 17.7. The van der Waals surface area contributed by atoms with Crippen molar-refractivity contribution in [3.8, 4) is 0 Å². The predicted octanol–water partition coefficient (Wildman–Crippen LogP) is 3.05. The quantitative estimate of drug-likeness (QED) is 0.791. The molecule has 1 fully saturated rings. The first-order valence-corrected chi connectivity index (χ1v) is 10.3. The minimum absolute atomic E-state index is 0.103. The fraction of sp³-hybridized carbons (Fsp3) is 0.667.